The summed E-state index contributed by atoms with van der Waals surface area (Å²) in [5, 5.41) is 2.01. The molecule has 2 aliphatic rings. The maximum Gasteiger partial charge on any atom is 0.270 e. The number of nitrogens with zero attached hydrogens (tertiary/aromatic N) is 1. The Kier molecular flexibility index (Phi) is 3.63. The molecule has 4 rings (SSSR count). The number of hydrogen-bond donors (Lipinski definition) is 0. The van der Waals surface area contributed by atoms with E-state index in [0.29, 0.717) is 26.4 Å². The van der Waals surface area contributed by atoms with Crippen molar-refractivity contribution in [3.05, 3.63) is 45.0 Å². The molecular weight excluding hydrogens is 350 g/mol. The van der Waals surface area contributed by atoms with Gasteiger partial charge >= 0.3 is 0 Å². The van der Waals surface area contributed by atoms with Crippen molar-refractivity contribution in [3.8, 4) is 11.5 Å². The first-order valence-corrected chi connectivity index (χ1v) is 8.95. The number of aryl methyl sites for hydroxylation is 1. The third-order valence-electron chi connectivity index (χ3n) is 3.57. The van der Waals surface area contributed by atoms with Crippen LogP contribution in [0.5, 0.6) is 11.5 Å². The van der Waals surface area contributed by atoms with Gasteiger partial charge in [-0.05, 0) is 42.1 Å². The van der Waals surface area contributed by atoms with Crippen LogP contribution in [0.4, 0.5) is 5.69 Å². The van der Waals surface area contributed by atoms with Gasteiger partial charge in [-0.1, -0.05) is 24.0 Å². The fourth-order valence-electron chi connectivity index (χ4n) is 2.37. The highest BCUT2D eigenvalue weighted by molar-refractivity contribution is 8.27. The van der Waals surface area contributed by atoms with Gasteiger partial charge in [-0.2, -0.15) is 0 Å². The van der Waals surface area contributed by atoms with Gasteiger partial charge in [-0.15, -0.1) is 11.3 Å². The summed E-state index contributed by atoms with van der Waals surface area (Å²) in [4.78, 5) is 16.0. The first-order chi connectivity index (χ1) is 11.1. The normalized spacial score (nSPS) is 18.3. The van der Waals surface area contributed by atoms with E-state index >= 15 is 0 Å². The van der Waals surface area contributed by atoms with Gasteiger partial charge in [-0.3, -0.25) is 9.69 Å². The van der Waals surface area contributed by atoms with Crippen molar-refractivity contribution in [2.75, 3.05) is 11.7 Å². The summed E-state index contributed by atoms with van der Waals surface area (Å²) in [6, 6.07) is 7.43. The maximum absolute atomic E-state index is 12.7. The summed E-state index contributed by atoms with van der Waals surface area (Å²) in [5.74, 6) is 1.21. The molecule has 116 valence electrons. The molecule has 0 saturated carbocycles. The van der Waals surface area contributed by atoms with Crippen LogP contribution in [0.25, 0.3) is 6.08 Å². The number of hydrogen-bond acceptors (Lipinski definition) is 6. The molecule has 1 aromatic heterocycles. The molecule has 0 atom stereocenters. The van der Waals surface area contributed by atoms with Crippen molar-refractivity contribution in [2.24, 2.45) is 0 Å². The number of anilines is 1. The van der Waals surface area contributed by atoms with E-state index in [-0.39, 0.29) is 12.7 Å². The predicted molar refractivity (Wildman–Crippen MR) is 97.3 cm³/mol. The summed E-state index contributed by atoms with van der Waals surface area (Å²) in [6.07, 6.45) is 1.91. The largest absolute Gasteiger partial charge is 0.454 e. The zero-order chi connectivity index (χ0) is 16.0. The average Bonchev–Trinajstić information content (AvgIpc) is 3.21. The first-order valence-electron chi connectivity index (χ1n) is 6.85. The Bertz CT molecular complexity index is 856. The summed E-state index contributed by atoms with van der Waals surface area (Å²) in [6.45, 7) is 2.23. The second-order valence-electron chi connectivity index (χ2n) is 5.02. The van der Waals surface area contributed by atoms with E-state index in [1.165, 1.54) is 16.7 Å². The van der Waals surface area contributed by atoms with E-state index in [9.17, 15) is 4.79 Å². The number of thiocarbonyl (C=S) groups is 1. The first kappa shape index (κ1) is 14.7. The number of carbonyl (C=O) groups is 1. The molecule has 0 aliphatic carbocycles. The Morgan fingerprint density at radius 2 is 2.09 bits per heavy atom. The Labute approximate surface area is 146 Å². The molecule has 2 aliphatic heterocycles. The molecule has 1 amide bonds. The van der Waals surface area contributed by atoms with Gasteiger partial charge in [0, 0.05) is 10.9 Å². The molecule has 0 bridgehead atoms. The van der Waals surface area contributed by atoms with Gasteiger partial charge in [0.1, 0.15) is 0 Å². The zero-order valence-electron chi connectivity index (χ0n) is 12.1. The lowest BCUT2D eigenvalue weighted by molar-refractivity contribution is -0.113. The van der Waals surface area contributed by atoms with E-state index in [0.717, 1.165) is 10.4 Å². The van der Waals surface area contributed by atoms with E-state index in [4.69, 9.17) is 21.7 Å². The monoisotopic (exact) mass is 361 g/mol. The Balaban J connectivity index is 1.68. The fraction of sp³-hybridized carbons (Fsp3) is 0.125. The number of rotatable bonds is 2. The minimum absolute atomic E-state index is 0.105. The van der Waals surface area contributed by atoms with Crippen LogP contribution in [0.2, 0.25) is 0 Å². The van der Waals surface area contributed by atoms with Crippen molar-refractivity contribution in [1.29, 1.82) is 0 Å². The third kappa shape index (κ3) is 2.54. The highest BCUT2D eigenvalue weighted by Crippen LogP contribution is 2.41. The zero-order valence-corrected chi connectivity index (χ0v) is 14.5. The minimum Gasteiger partial charge on any atom is -0.454 e. The quantitative estimate of drug-likeness (QED) is 0.592. The molecule has 3 heterocycles. The van der Waals surface area contributed by atoms with Crippen LogP contribution < -0.4 is 14.4 Å². The van der Waals surface area contributed by atoms with Gasteiger partial charge in [-0.25, -0.2) is 0 Å². The molecule has 1 saturated heterocycles. The Morgan fingerprint density at radius 3 is 2.87 bits per heavy atom. The van der Waals surface area contributed by atoms with Crippen LogP contribution in [0.3, 0.4) is 0 Å². The van der Waals surface area contributed by atoms with Crippen LogP contribution >= 0.6 is 35.3 Å². The second kappa shape index (κ2) is 5.67. The molecule has 0 unspecified atom stereocenters. The molecule has 0 N–H and O–H groups in total. The van der Waals surface area contributed by atoms with Gasteiger partial charge in [0.25, 0.3) is 5.91 Å². The minimum atomic E-state index is -0.105. The summed E-state index contributed by atoms with van der Waals surface area (Å²) in [7, 11) is 0. The molecule has 1 fully saturated rings. The van der Waals surface area contributed by atoms with Crippen LogP contribution in [-0.2, 0) is 4.79 Å². The van der Waals surface area contributed by atoms with Gasteiger partial charge in [0.05, 0.1) is 10.6 Å². The van der Waals surface area contributed by atoms with Gasteiger partial charge < -0.3 is 9.47 Å². The smallest absolute Gasteiger partial charge is 0.270 e. The highest BCUT2D eigenvalue weighted by atomic mass is 32.2. The number of benzene rings is 1. The van der Waals surface area contributed by atoms with E-state index in [2.05, 4.69) is 0 Å². The molecule has 23 heavy (non-hydrogen) atoms. The lowest BCUT2D eigenvalue weighted by Gasteiger charge is -2.14. The standard InChI is InChI=1S/C16H11NO3S3/c1-9-4-5-22-13(9)7-14-15(18)17(16(21)23-14)10-2-3-11-12(6-10)20-8-19-11/h2-7H,8H2,1H3/b14-7+. The summed E-state index contributed by atoms with van der Waals surface area (Å²) in [5.41, 5.74) is 1.85. The van der Waals surface area contributed by atoms with Crippen molar-refractivity contribution in [3.63, 3.8) is 0 Å². The topological polar surface area (TPSA) is 38.8 Å². The van der Waals surface area contributed by atoms with Crippen molar-refractivity contribution in [1.82, 2.24) is 0 Å². The van der Waals surface area contributed by atoms with Crippen molar-refractivity contribution < 1.29 is 14.3 Å². The number of amides is 1. The summed E-state index contributed by atoms with van der Waals surface area (Å²) >= 11 is 8.32. The van der Waals surface area contributed by atoms with E-state index in [1.807, 2.05) is 30.5 Å². The fourth-order valence-corrected chi connectivity index (χ4v) is 4.58. The lowest BCUT2D eigenvalue weighted by Crippen LogP contribution is -2.27. The molecule has 0 radical (unpaired) electrons. The number of fused-ring (bicyclic) bond motifs is 1. The lowest BCUT2D eigenvalue weighted by atomic mass is 10.2. The average molecular weight is 361 g/mol. The van der Waals surface area contributed by atoms with E-state index < -0.39 is 0 Å². The predicted octanol–water partition coefficient (Wildman–Crippen LogP) is 4.19. The van der Waals surface area contributed by atoms with Crippen LogP contribution in [0, 0.1) is 6.92 Å². The number of ether oxygens (including phenoxy) is 2. The van der Waals surface area contributed by atoms with Crippen molar-refractivity contribution in [2.45, 2.75) is 6.92 Å². The molecule has 1 aromatic carbocycles. The Hall–Kier alpha value is -1.83. The van der Waals surface area contributed by atoms with Crippen LogP contribution in [-0.4, -0.2) is 17.0 Å². The van der Waals surface area contributed by atoms with Crippen molar-refractivity contribution >= 4 is 57.3 Å². The van der Waals surface area contributed by atoms with Crippen LogP contribution in [0.15, 0.2) is 34.6 Å². The third-order valence-corrected chi connectivity index (χ3v) is 5.84. The molecule has 4 nitrogen and oxygen atoms in total. The van der Waals surface area contributed by atoms with E-state index in [1.54, 1.807) is 23.5 Å². The highest BCUT2D eigenvalue weighted by Gasteiger charge is 2.34. The molecule has 0 spiro atoms. The summed E-state index contributed by atoms with van der Waals surface area (Å²) < 4.78 is 11.2. The number of carbonyl (C=O) groups excluding carboxylic acids is 1. The van der Waals surface area contributed by atoms with Gasteiger partial charge in [0.15, 0.2) is 15.8 Å². The molecule has 7 heteroatoms. The van der Waals surface area contributed by atoms with Crippen LogP contribution in [0.1, 0.15) is 10.4 Å². The molecule has 2 aromatic rings. The SMILES string of the molecule is Cc1ccsc1/C=C1/SC(=S)N(c2ccc3c(c2)OCO3)C1=O. The second-order valence-corrected chi connectivity index (χ2v) is 7.65. The number of thiophene rings is 1. The Morgan fingerprint density at radius 1 is 1.26 bits per heavy atom. The number of thioether (sulfide) groups is 1. The molecular formula is C16H11NO3S3. The maximum atomic E-state index is 12.7. The van der Waals surface area contributed by atoms with Gasteiger partial charge in [0.2, 0.25) is 6.79 Å².